The molecule has 0 bridgehead atoms. The summed E-state index contributed by atoms with van der Waals surface area (Å²) in [5.41, 5.74) is 3.85. The molecule has 0 fully saturated rings. The second kappa shape index (κ2) is 3.55. The first kappa shape index (κ1) is 9.99. The highest BCUT2D eigenvalue weighted by Gasteiger charge is 2.09. The van der Waals surface area contributed by atoms with Gasteiger partial charge in [0.15, 0.2) is 0 Å². The highest BCUT2D eigenvalue weighted by atomic mass is 16.2. The predicted octanol–water partition coefficient (Wildman–Crippen LogP) is 0.576. The van der Waals surface area contributed by atoms with E-state index in [0.717, 1.165) is 27.6 Å². The Morgan fingerprint density at radius 1 is 1.53 bits per heavy atom. The third kappa shape index (κ3) is 1.57. The molecule has 76 valence electrons. The summed E-state index contributed by atoms with van der Waals surface area (Å²) in [4.78, 5) is 0. The Balaban J connectivity index is 2.77. The fourth-order valence-corrected chi connectivity index (χ4v) is 1.85. The molecule has 0 aliphatic heterocycles. The highest BCUT2D eigenvalue weighted by Crippen LogP contribution is 2.21. The molecule has 3 nitrogen and oxygen atoms in total. The zero-order valence-corrected chi connectivity index (χ0v) is 8.99. The molecule has 0 spiro atoms. The van der Waals surface area contributed by atoms with Gasteiger partial charge < -0.3 is 5.02 Å². The van der Waals surface area contributed by atoms with Crippen LogP contribution in [0.4, 0.5) is 0 Å². The largest absolute Gasteiger partial charge is 0.449 e. The average molecular weight is 200 g/mol. The quantitative estimate of drug-likeness (QED) is 0.720. The van der Waals surface area contributed by atoms with Gasteiger partial charge >= 0.3 is 7.48 Å². The highest BCUT2D eigenvalue weighted by molar-refractivity contribution is 6.46. The van der Waals surface area contributed by atoms with E-state index >= 15 is 0 Å². The molecule has 0 atom stereocenters. The van der Waals surface area contributed by atoms with E-state index in [0.29, 0.717) is 0 Å². The molecule has 2 rings (SSSR count). The molecule has 4 heteroatoms. The van der Waals surface area contributed by atoms with Crippen molar-refractivity contribution in [3.8, 4) is 0 Å². The second-order valence-corrected chi connectivity index (χ2v) is 3.76. The van der Waals surface area contributed by atoms with E-state index in [2.05, 4.69) is 11.7 Å². The molecule has 15 heavy (non-hydrogen) atoms. The summed E-state index contributed by atoms with van der Waals surface area (Å²) in [7, 11) is 1.96. The van der Waals surface area contributed by atoms with Gasteiger partial charge in [0, 0.05) is 12.4 Å². The lowest BCUT2D eigenvalue weighted by atomic mass is 9.87. The molecule has 1 aromatic heterocycles. The van der Waals surface area contributed by atoms with Crippen LogP contribution in [-0.4, -0.2) is 22.3 Å². The molecule has 2 aromatic rings. The third-order valence-electron chi connectivity index (χ3n) is 2.48. The monoisotopic (exact) mass is 200 g/mol. The Morgan fingerprint density at radius 2 is 2.27 bits per heavy atom. The molecule has 1 N–H and O–H groups in total. The molecule has 0 unspecified atom stereocenters. The number of nitrogens with zero attached hydrogens (tertiary/aromatic N) is 2. The van der Waals surface area contributed by atoms with Crippen LogP contribution in [0.3, 0.4) is 0 Å². The maximum atomic E-state index is 9.08. The number of aromatic nitrogens is 2. The standard InChI is InChI=1S/C11H13BN2O/c1-7(2)11-9-6-8(12-15)4-5-10(9)13-14(11)3/h4-6,12,15H,1H2,2-3H3. The van der Waals surface area contributed by atoms with Gasteiger partial charge in [-0.1, -0.05) is 24.2 Å². The van der Waals surface area contributed by atoms with Gasteiger partial charge in [0.05, 0.1) is 11.2 Å². The number of rotatable bonds is 2. The van der Waals surface area contributed by atoms with Crippen molar-refractivity contribution in [2.24, 2.45) is 7.05 Å². The summed E-state index contributed by atoms with van der Waals surface area (Å²) in [6.07, 6.45) is 0. The van der Waals surface area contributed by atoms with E-state index in [9.17, 15) is 0 Å². The lowest BCUT2D eigenvalue weighted by molar-refractivity contribution is 0.615. The maximum absolute atomic E-state index is 9.08. The number of aryl methyl sites for hydroxylation is 1. The SMILES string of the molecule is C=C(C)c1c2cc(BO)ccc2nn1C. The van der Waals surface area contributed by atoms with Crippen molar-refractivity contribution in [2.45, 2.75) is 6.92 Å². The van der Waals surface area contributed by atoms with Crippen molar-refractivity contribution in [1.29, 1.82) is 0 Å². The van der Waals surface area contributed by atoms with Crippen molar-refractivity contribution < 1.29 is 5.02 Å². The zero-order valence-electron chi connectivity index (χ0n) is 8.99. The van der Waals surface area contributed by atoms with Crippen LogP contribution in [0.15, 0.2) is 24.8 Å². The van der Waals surface area contributed by atoms with Gasteiger partial charge in [0.2, 0.25) is 0 Å². The number of hydrogen-bond acceptors (Lipinski definition) is 2. The molecule has 0 saturated carbocycles. The molecular formula is C11H13BN2O. The van der Waals surface area contributed by atoms with Crippen LogP contribution >= 0.6 is 0 Å². The minimum absolute atomic E-state index is 0.0560. The van der Waals surface area contributed by atoms with Gasteiger partial charge in [-0.25, -0.2) is 0 Å². The second-order valence-electron chi connectivity index (χ2n) is 3.76. The smallest absolute Gasteiger partial charge is 0.304 e. The molecule has 0 saturated heterocycles. The van der Waals surface area contributed by atoms with Crippen molar-refractivity contribution in [3.63, 3.8) is 0 Å². The van der Waals surface area contributed by atoms with Crippen LogP contribution < -0.4 is 5.46 Å². The van der Waals surface area contributed by atoms with E-state index in [4.69, 9.17) is 5.02 Å². The molecule has 1 aromatic carbocycles. The lowest BCUT2D eigenvalue weighted by Gasteiger charge is -2.00. The summed E-state index contributed by atoms with van der Waals surface area (Å²) in [6.45, 7) is 5.90. The van der Waals surface area contributed by atoms with Gasteiger partial charge in [0.25, 0.3) is 0 Å². The van der Waals surface area contributed by atoms with E-state index in [1.54, 1.807) is 0 Å². The van der Waals surface area contributed by atoms with E-state index in [-0.39, 0.29) is 7.48 Å². The fraction of sp³-hybridized carbons (Fsp3) is 0.182. The molecule has 0 aliphatic rings. The number of benzene rings is 1. The number of allylic oxidation sites excluding steroid dienone is 1. The van der Waals surface area contributed by atoms with Gasteiger partial charge in [-0.2, -0.15) is 5.10 Å². The Hall–Kier alpha value is -1.55. The molecular weight excluding hydrogens is 187 g/mol. The van der Waals surface area contributed by atoms with Crippen LogP contribution in [0.2, 0.25) is 0 Å². The lowest BCUT2D eigenvalue weighted by Crippen LogP contribution is -2.12. The Labute approximate surface area is 89.3 Å². The first-order valence-electron chi connectivity index (χ1n) is 4.86. The fourth-order valence-electron chi connectivity index (χ4n) is 1.85. The Kier molecular flexibility index (Phi) is 2.36. The van der Waals surface area contributed by atoms with Gasteiger partial charge in [-0.05, 0) is 18.6 Å². The van der Waals surface area contributed by atoms with Crippen LogP contribution in [-0.2, 0) is 7.05 Å². The average Bonchev–Trinajstić information content (AvgIpc) is 2.52. The molecule has 0 aliphatic carbocycles. The van der Waals surface area contributed by atoms with Crippen LogP contribution in [0.25, 0.3) is 16.5 Å². The van der Waals surface area contributed by atoms with Gasteiger partial charge in [0.1, 0.15) is 0 Å². The number of fused-ring (bicyclic) bond motifs is 1. The summed E-state index contributed by atoms with van der Waals surface area (Å²) in [5.74, 6) is 0. The third-order valence-corrected chi connectivity index (χ3v) is 2.48. The Morgan fingerprint density at radius 3 is 2.87 bits per heavy atom. The zero-order chi connectivity index (χ0) is 11.0. The first-order valence-corrected chi connectivity index (χ1v) is 4.86. The van der Waals surface area contributed by atoms with Gasteiger partial charge in [-0.15, -0.1) is 0 Å². The van der Waals surface area contributed by atoms with E-state index in [1.807, 2.05) is 36.9 Å². The summed E-state index contributed by atoms with van der Waals surface area (Å²) in [5, 5.41) is 14.5. The summed E-state index contributed by atoms with van der Waals surface area (Å²) in [6, 6.07) is 5.78. The van der Waals surface area contributed by atoms with Crippen molar-refractivity contribution in [1.82, 2.24) is 9.78 Å². The van der Waals surface area contributed by atoms with Crippen molar-refractivity contribution in [2.75, 3.05) is 0 Å². The van der Waals surface area contributed by atoms with Crippen LogP contribution in [0.1, 0.15) is 12.6 Å². The van der Waals surface area contributed by atoms with Crippen LogP contribution in [0.5, 0.6) is 0 Å². The minimum Gasteiger partial charge on any atom is -0.449 e. The Bertz CT molecular complexity index is 531. The molecule has 1 heterocycles. The molecule has 0 amide bonds. The van der Waals surface area contributed by atoms with Gasteiger partial charge in [-0.3, -0.25) is 4.68 Å². The summed E-state index contributed by atoms with van der Waals surface area (Å²) < 4.78 is 1.83. The normalized spacial score (nSPS) is 10.6. The minimum atomic E-state index is 0.0560. The van der Waals surface area contributed by atoms with Crippen molar-refractivity contribution in [3.05, 3.63) is 30.5 Å². The maximum Gasteiger partial charge on any atom is 0.304 e. The summed E-state index contributed by atoms with van der Waals surface area (Å²) >= 11 is 0. The van der Waals surface area contributed by atoms with Crippen molar-refractivity contribution >= 4 is 29.4 Å². The topological polar surface area (TPSA) is 38.1 Å². The number of hydrogen-bond donors (Lipinski definition) is 1. The molecule has 0 radical (unpaired) electrons. The van der Waals surface area contributed by atoms with E-state index in [1.165, 1.54) is 0 Å². The van der Waals surface area contributed by atoms with Crippen LogP contribution in [0, 0.1) is 0 Å². The predicted molar refractivity (Wildman–Crippen MR) is 64.4 cm³/mol. The first-order chi connectivity index (χ1) is 7.13. The van der Waals surface area contributed by atoms with E-state index < -0.39 is 0 Å².